The summed E-state index contributed by atoms with van der Waals surface area (Å²) < 4.78 is 18.9. The van der Waals surface area contributed by atoms with Crippen LogP contribution in [0.5, 0.6) is 5.75 Å². The number of pyridine rings is 1. The zero-order valence-electron chi connectivity index (χ0n) is 10.3. The largest absolute Gasteiger partial charge is 0.495 e. The van der Waals surface area contributed by atoms with E-state index in [1.54, 1.807) is 12.1 Å². The molecule has 0 aliphatic carbocycles. The lowest BCUT2D eigenvalue weighted by Gasteiger charge is -2.13. The molecule has 0 aliphatic heterocycles. The van der Waals surface area contributed by atoms with Crippen LogP contribution in [0.4, 0.5) is 15.9 Å². The molecule has 0 saturated heterocycles. The molecule has 1 aromatic heterocycles. The van der Waals surface area contributed by atoms with Crippen LogP contribution in [0.3, 0.4) is 0 Å². The summed E-state index contributed by atoms with van der Waals surface area (Å²) >= 11 is 11.7. The monoisotopic (exact) mass is 300 g/mol. The normalized spacial score (nSPS) is 10.4. The molecule has 0 unspecified atom stereocenters. The summed E-state index contributed by atoms with van der Waals surface area (Å²) in [5.41, 5.74) is 1.43. The van der Waals surface area contributed by atoms with Crippen molar-refractivity contribution in [3.8, 4) is 5.75 Å². The van der Waals surface area contributed by atoms with Crippen LogP contribution >= 0.6 is 23.2 Å². The zero-order chi connectivity index (χ0) is 14.0. The number of rotatable bonds is 3. The van der Waals surface area contributed by atoms with E-state index >= 15 is 0 Å². The third-order valence-electron chi connectivity index (χ3n) is 2.54. The second-order valence-corrected chi connectivity index (χ2v) is 4.75. The van der Waals surface area contributed by atoms with E-state index in [0.29, 0.717) is 16.5 Å². The molecule has 0 bridgehead atoms. The third kappa shape index (κ3) is 3.08. The predicted molar refractivity (Wildman–Crippen MR) is 75.2 cm³/mol. The van der Waals surface area contributed by atoms with Gasteiger partial charge in [-0.05, 0) is 24.6 Å². The minimum absolute atomic E-state index is 0.0735. The maximum absolute atomic E-state index is 13.7. The molecular formula is C13H11Cl2FN2O. The predicted octanol–water partition coefficient (Wildman–Crippen LogP) is 4.59. The maximum atomic E-state index is 13.7. The van der Waals surface area contributed by atoms with Crippen molar-refractivity contribution in [2.24, 2.45) is 0 Å². The van der Waals surface area contributed by atoms with Crippen molar-refractivity contribution in [1.29, 1.82) is 0 Å². The van der Waals surface area contributed by atoms with Gasteiger partial charge in [0.25, 0.3) is 0 Å². The van der Waals surface area contributed by atoms with Crippen molar-refractivity contribution in [2.75, 3.05) is 12.4 Å². The molecule has 1 aromatic carbocycles. The van der Waals surface area contributed by atoms with Crippen molar-refractivity contribution in [1.82, 2.24) is 4.98 Å². The molecule has 2 rings (SSSR count). The SMILES string of the molecule is COc1cc(Cl)c(C)cc1Nc1ncc(Cl)cc1F. The minimum Gasteiger partial charge on any atom is -0.495 e. The number of hydrogen-bond donors (Lipinski definition) is 1. The fourth-order valence-electron chi connectivity index (χ4n) is 1.56. The van der Waals surface area contributed by atoms with Crippen LogP contribution in [0.15, 0.2) is 24.4 Å². The lowest BCUT2D eigenvalue weighted by atomic mass is 10.2. The molecule has 6 heteroatoms. The summed E-state index contributed by atoms with van der Waals surface area (Å²) in [4.78, 5) is 3.89. The minimum atomic E-state index is -0.540. The second kappa shape index (κ2) is 5.63. The Labute approximate surface area is 120 Å². The van der Waals surface area contributed by atoms with E-state index in [1.807, 2.05) is 6.92 Å². The Morgan fingerprint density at radius 1 is 1.26 bits per heavy atom. The highest BCUT2D eigenvalue weighted by Crippen LogP contribution is 2.33. The van der Waals surface area contributed by atoms with E-state index in [0.717, 1.165) is 5.56 Å². The molecule has 0 atom stereocenters. The van der Waals surface area contributed by atoms with Crippen molar-refractivity contribution in [3.05, 3.63) is 45.8 Å². The molecule has 100 valence electrons. The third-order valence-corrected chi connectivity index (χ3v) is 3.16. The summed E-state index contributed by atoms with van der Waals surface area (Å²) in [6, 6.07) is 4.61. The second-order valence-electron chi connectivity index (χ2n) is 3.91. The standard InChI is InChI=1S/C13H11Cl2FN2O/c1-7-3-11(12(19-2)5-9(7)15)18-13-10(16)4-8(14)6-17-13/h3-6H,1-2H3,(H,17,18). The Balaban J connectivity index is 2.40. The number of aromatic nitrogens is 1. The highest BCUT2D eigenvalue weighted by Gasteiger charge is 2.10. The molecule has 0 spiro atoms. The molecule has 1 N–H and O–H groups in total. The number of benzene rings is 1. The van der Waals surface area contributed by atoms with E-state index in [1.165, 1.54) is 19.4 Å². The van der Waals surface area contributed by atoms with Crippen LogP contribution in [0.1, 0.15) is 5.56 Å². The topological polar surface area (TPSA) is 34.1 Å². The molecule has 1 heterocycles. The van der Waals surface area contributed by atoms with Gasteiger partial charge in [0.2, 0.25) is 0 Å². The van der Waals surface area contributed by atoms with Crippen molar-refractivity contribution < 1.29 is 9.13 Å². The number of methoxy groups -OCH3 is 1. The number of nitrogens with one attached hydrogen (secondary N) is 1. The van der Waals surface area contributed by atoms with Gasteiger partial charge in [-0.1, -0.05) is 23.2 Å². The maximum Gasteiger partial charge on any atom is 0.167 e. The molecule has 3 nitrogen and oxygen atoms in total. The quantitative estimate of drug-likeness (QED) is 0.900. The summed E-state index contributed by atoms with van der Waals surface area (Å²) in [5.74, 6) is 0.0401. The Morgan fingerprint density at radius 3 is 2.63 bits per heavy atom. The van der Waals surface area contributed by atoms with Gasteiger partial charge >= 0.3 is 0 Å². The van der Waals surface area contributed by atoms with Gasteiger partial charge in [0.1, 0.15) is 5.75 Å². The van der Waals surface area contributed by atoms with E-state index < -0.39 is 5.82 Å². The molecule has 19 heavy (non-hydrogen) atoms. The number of aryl methyl sites for hydroxylation is 1. The highest BCUT2D eigenvalue weighted by atomic mass is 35.5. The lowest BCUT2D eigenvalue weighted by molar-refractivity contribution is 0.416. The zero-order valence-corrected chi connectivity index (χ0v) is 11.8. The Kier molecular flexibility index (Phi) is 4.12. The number of hydrogen-bond acceptors (Lipinski definition) is 3. The fourth-order valence-corrected chi connectivity index (χ4v) is 1.86. The average molecular weight is 301 g/mol. The first-order valence-corrected chi connectivity index (χ1v) is 6.19. The van der Waals surface area contributed by atoms with Crippen LogP contribution in [0, 0.1) is 12.7 Å². The van der Waals surface area contributed by atoms with Gasteiger partial charge in [0.05, 0.1) is 17.8 Å². The van der Waals surface area contributed by atoms with Crippen LogP contribution < -0.4 is 10.1 Å². The van der Waals surface area contributed by atoms with Gasteiger partial charge in [-0.25, -0.2) is 9.37 Å². The average Bonchev–Trinajstić information content (AvgIpc) is 2.36. The summed E-state index contributed by atoms with van der Waals surface area (Å²) in [6.45, 7) is 1.85. The molecule has 0 radical (unpaired) electrons. The molecule has 0 fully saturated rings. The van der Waals surface area contributed by atoms with Gasteiger partial charge < -0.3 is 10.1 Å². The summed E-state index contributed by atoms with van der Waals surface area (Å²) in [6.07, 6.45) is 1.36. The van der Waals surface area contributed by atoms with Crippen LogP contribution in [0.25, 0.3) is 0 Å². The van der Waals surface area contributed by atoms with Crippen molar-refractivity contribution >= 4 is 34.7 Å². The van der Waals surface area contributed by atoms with Crippen molar-refractivity contribution in [3.63, 3.8) is 0 Å². The summed E-state index contributed by atoms with van der Waals surface area (Å²) in [5, 5.41) is 3.67. The lowest BCUT2D eigenvalue weighted by Crippen LogP contribution is -2.00. The summed E-state index contributed by atoms with van der Waals surface area (Å²) in [7, 11) is 1.51. The number of nitrogens with zero attached hydrogens (tertiary/aromatic N) is 1. The van der Waals surface area contributed by atoms with Crippen molar-refractivity contribution in [2.45, 2.75) is 6.92 Å². The molecular weight excluding hydrogens is 290 g/mol. The highest BCUT2D eigenvalue weighted by molar-refractivity contribution is 6.31. The smallest absolute Gasteiger partial charge is 0.167 e. The molecule has 0 aliphatic rings. The van der Waals surface area contributed by atoms with Crippen LogP contribution in [-0.2, 0) is 0 Å². The van der Waals surface area contributed by atoms with Crippen LogP contribution in [0.2, 0.25) is 10.0 Å². The Bertz CT molecular complexity index is 620. The molecule has 0 saturated carbocycles. The Morgan fingerprint density at radius 2 is 2.00 bits per heavy atom. The van der Waals surface area contributed by atoms with Gasteiger partial charge in [-0.2, -0.15) is 0 Å². The fraction of sp³-hybridized carbons (Fsp3) is 0.154. The van der Waals surface area contributed by atoms with Gasteiger partial charge in [0, 0.05) is 17.3 Å². The number of halogens is 3. The number of anilines is 2. The first-order chi connectivity index (χ1) is 9.01. The molecule has 0 amide bonds. The first-order valence-electron chi connectivity index (χ1n) is 5.43. The molecule has 2 aromatic rings. The van der Waals surface area contributed by atoms with E-state index in [4.69, 9.17) is 27.9 Å². The van der Waals surface area contributed by atoms with E-state index in [2.05, 4.69) is 10.3 Å². The van der Waals surface area contributed by atoms with Crippen LogP contribution in [-0.4, -0.2) is 12.1 Å². The Hall–Kier alpha value is -1.52. The van der Waals surface area contributed by atoms with E-state index in [9.17, 15) is 4.39 Å². The first kappa shape index (κ1) is 13.9. The number of ether oxygens (including phenoxy) is 1. The van der Waals surface area contributed by atoms with Gasteiger partial charge in [0.15, 0.2) is 11.6 Å². The van der Waals surface area contributed by atoms with Gasteiger partial charge in [-0.3, -0.25) is 0 Å². The van der Waals surface area contributed by atoms with E-state index in [-0.39, 0.29) is 10.8 Å². The van der Waals surface area contributed by atoms with Gasteiger partial charge in [-0.15, -0.1) is 0 Å².